The van der Waals surface area contributed by atoms with Crippen LogP contribution in [0.1, 0.15) is 5.56 Å². The van der Waals surface area contributed by atoms with Gasteiger partial charge in [0, 0.05) is 11.6 Å². The van der Waals surface area contributed by atoms with Crippen LogP contribution in [0.3, 0.4) is 0 Å². The molecule has 0 unspecified atom stereocenters. The first-order valence-corrected chi connectivity index (χ1v) is 5.75. The van der Waals surface area contributed by atoms with Gasteiger partial charge in [0.2, 0.25) is 0 Å². The van der Waals surface area contributed by atoms with E-state index in [0.717, 1.165) is 11.3 Å². The number of benzene rings is 1. The number of ether oxygens (including phenoxy) is 1. The Morgan fingerprint density at radius 2 is 2.29 bits per heavy atom. The highest BCUT2D eigenvalue weighted by Gasteiger charge is 2.00. The van der Waals surface area contributed by atoms with Crippen molar-refractivity contribution in [1.29, 1.82) is 0 Å². The Labute approximate surface area is 105 Å². The molecular formula is C12H14ClN3O. The zero-order valence-corrected chi connectivity index (χ0v) is 10.1. The molecular weight excluding hydrogens is 238 g/mol. The first-order valence-electron chi connectivity index (χ1n) is 5.37. The standard InChI is InChI=1S/C12H14ClN3O/c13-11-3-1-2-10(6-11)9-17-12-7-15-16(8-12)5-4-14/h1-3,6-8H,4-5,9,14H2. The molecule has 1 aromatic heterocycles. The minimum absolute atomic E-state index is 0.481. The summed E-state index contributed by atoms with van der Waals surface area (Å²) < 4.78 is 7.35. The molecule has 2 N–H and O–H groups in total. The molecule has 2 rings (SSSR count). The van der Waals surface area contributed by atoms with Crippen molar-refractivity contribution in [3.63, 3.8) is 0 Å². The number of hydrogen-bond acceptors (Lipinski definition) is 3. The van der Waals surface area contributed by atoms with Gasteiger partial charge in [-0.15, -0.1) is 0 Å². The molecule has 0 aliphatic heterocycles. The summed E-state index contributed by atoms with van der Waals surface area (Å²) in [7, 11) is 0. The van der Waals surface area contributed by atoms with Crippen LogP contribution in [0.2, 0.25) is 5.02 Å². The highest BCUT2D eigenvalue weighted by Crippen LogP contribution is 2.14. The van der Waals surface area contributed by atoms with E-state index in [1.54, 1.807) is 10.9 Å². The second-order valence-corrected chi connectivity index (χ2v) is 4.08. The Balaban J connectivity index is 1.93. The summed E-state index contributed by atoms with van der Waals surface area (Å²) in [5, 5.41) is 4.83. The van der Waals surface area contributed by atoms with Crippen LogP contribution in [0, 0.1) is 0 Å². The van der Waals surface area contributed by atoms with Crippen molar-refractivity contribution in [3.8, 4) is 5.75 Å². The second-order valence-electron chi connectivity index (χ2n) is 3.65. The molecule has 0 atom stereocenters. The summed E-state index contributed by atoms with van der Waals surface area (Å²) in [6, 6.07) is 7.59. The van der Waals surface area contributed by atoms with Crippen LogP contribution in [-0.2, 0) is 13.2 Å². The van der Waals surface area contributed by atoms with E-state index >= 15 is 0 Å². The lowest BCUT2D eigenvalue weighted by molar-refractivity contribution is 0.306. The van der Waals surface area contributed by atoms with Crippen LogP contribution in [0.15, 0.2) is 36.7 Å². The van der Waals surface area contributed by atoms with Crippen molar-refractivity contribution in [2.45, 2.75) is 13.2 Å². The Bertz CT molecular complexity index is 484. The molecule has 0 saturated heterocycles. The molecule has 5 heteroatoms. The van der Waals surface area contributed by atoms with Crippen LogP contribution in [0.5, 0.6) is 5.75 Å². The van der Waals surface area contributed by atoms with Crippen LogP contribution in [0.25, 0.3) is 0 Å². The van der Waals surface area contributed by atoms with Gasteiger partial charge in [-0.3, -0.25) is 4.68 Å². The highest BCUT2D eigenvalue weighted by atomic mass is 35.5. The maximum atomic E-state index is 5.89. The number of rotatable bonds is 5. The summed E-state index contributed by atoms with van der Waals surface area (Å²) in [4.78, 5) is 0. The van der Waals surface area contributed by atoms with Crippen LogP contribution in [-0.4, -0.2) is 16.3 Å². The van der Waals surface area contributed by atoms with E-state index in [-0.39, 0.29) is 0 Å². The molecule has 0 radical (unpaired) electrons. The van der Waals surface area contributed by atoms with E-state index in [1.807, 2.05) is 30.5 Å². The van der Waals surface area contributed by atoms with Gasteiger partial charge in [-0.2, -0.15) is 5.10 Å². The summed E-state index contributed by atoms with van der Waals surface area (Å²) in [5.41, 5.74) is 6.47. The Morgan fingerprint density at radius 1 is 1.41 bits per heavy atom. The number of hydrogen-bond donors (Lipinski definition) is 1. The molecule has 1 aromatic carbocycles. The van der Waals surface area contributed by atoms with Crippen molar-refractivity contribution >= 4 is 11.6 Å². The first-order chi connectivity index (χ1) is 8.28. The van der Waals surface area contributed by atoms with Gasteiger partial charge in [-0.1, -0.05) is 23.7 Å². The van der Waals surface area contributed by atoms with Gasteiger partial charge in [-0.25, -0.2) is 0 Å². The van der Waals surface area contributed by atoms with E-state index in [0.29, 0.717) is 24.7 Å². The van der Waals surface area contributed by atoms with Gasteiger partial charge in [0.05, 0.1) is 18.9 Å². The molecule has 4 nitrogen and oxygen atoms in total. The summed E-state index contributed by atoms with van der Waals surface area (Å²) >= 11 is 5.89. The van der Waals surface area contributed by atoms with Crippen molar-refractivity contribution in [2.75, 3.05) is 6.54 Å². The third kappa shape index (κ3) is 3.47. The van der Waals surface area contributed by atoms with Gasteiger partial charge in [0.15, 0.2) is 5.75 Å². The normalized spacial score (nSPS) is 10.5. The lowest BCUT2D eigenvalue weighted by atomic mass is 10.2. The Hall–Kier alpha value is -1.52. The number of nitrogens with two attached hydrogens (primary N) is 1. The van der Waals surface area contributed by atoms with Crippen molar-refractivity contribution in [3.05, 3.63) is 47.2 Å². The zero-order valence-electron chi connectivity index (χ0n) is 9.34. The molecule has 90 valence electrons. The summed E-state index contributed by atoms with van der Waals surface area (Å²) in [5.74, 6) is 0.735. The average molecular weight is 252 g/mol. The smallest absolute Gasteiger partial charge is 0.157 e. The first kappa shape index (κ1) is 12.0. The highest BCUT2D eigenvalue weighted by molar-refractivity contribution is 6.30. The van der Waals surface area contributed by atoms with Crippen LogP contribution >= 0.6 is 11.6 Å². The van der Waals surface area contributed by atoms with Crippen LogP contribution in [0.4, 0.5) is 0 Å². The fourth-order valence-corrected chi connectivity index (χ4v) is 1.68. The van der Waals surface area contributed by atoms with Crippen molar-refractivity contribution < 1.29 is 4.74 Å². The summed E-state index contributed by atoms with van der Waals surface area (Å²) in [6.07, 6.45) is 3.51. The largest absolute Gasteiger partial charge is 0.486 e. The molecule has 0 amide bonds. The maximum Gasteiger partial charge on any atom is 0.157 e. The Kier molecular flexibility index (Phi) is 4.01. The third-order valence-electron chi connectivity index (χ3n) is 2.26. The monoisotopic (exact) mass is 251 g/mol. The minimum Gasteiger partial charge on any atom is -0.486 e. The fraction of sp³-hybridized carbons (Fsp3) is 0.250. The van der Waals surface area contributed by atoms with Crippen LogP contribution < -0.4 is 10.5 Å². The predicted molar refractivity (Wildman–Crippen MR) is 67.1 cm³/mol. The molecule has 1 heterocycles. The molecule has 0 aliphatic carbocycles. The molecule has 17 heavy (non-hydrogen) atoms. The van der Waals surface area contributed by atoms with E-state index in [4.69, 9.17) is 22.1 Å². The quantitative estimate of drug-likeness (QED) is 0.885. The number of aromatic nitrogens is 2. The van der Waals surface area contributed by atoms with Crippen molar-refractivity contribution in [2.24, 2.45) is 5.73 Å². The minimum atomic E-state index is 0.481. The molecule has 0 fully saturated rings. The van der Waals surface area contributed by atoms with E-state index in [1.165, 1.54) is 0 Å². The van der Waals surface area contributed by atoms with Crippen molar-refractivity contribution in [1.82, 2.24) is 9.78 Å². The SMILES string of the molecule is NCCn1cc(OCc2cccc(Cl)c2)cn1. The van der Waals surface area contributed by atoms with Gasteiger partial charge in [0.1, 0.15) is 6.61 Å². The average Bonchev–Trinajstić information content (AvgIpc) is 2.75. The van der Waals surface area contributed by atoms with E-state index < -0.39 is 0 Å². The summed E-state index contributed by atoms with van der Waals surface area (Å²) in [6.45, 7) is 1.74. The van der Waals surface area contributed by atoms with E-state index in [9.17, 15) is 0 Å². The molecule has 0 bridgehead atoms. The van der Waals surface area contributed by atoms with E-state index in [2.05, 4.69) is 5.10 Å². The molecule has 0 saturated carbocycles. The van der Waals surface area contributed by atoms with Gasteiger partial charge in [-0.05, 0) is 17.7 Å². The second kappa shape index (κ2) is 5.70. The zero-order chi connectivity index (χ0) is 12.1. The molecule has 2 aromatic rings. The number of nitrogens with zero attached hydrogens (tertiary/aromatic N) is 2. The van der Waals surface area contributed by atoms with Gasteiger partial charge < -0.3 is 10.5 Å². The fourth-order valence-electron chi connectivity index (χ4n) is 1.47. The lowest BCUT2D eigenvalue weighted by Gasteiger charge is -2.03. The topological polar surface area (TPSA) is 53.1 Å². The third-order valence-corrected chi connectivity index (χ3v) is 2.50. The molecule has 0 aliphatic rings. The molecule has 0 spiro atoms. The maximum absolute atomic E-state index is 5.89. The predicted octanol–water partition coefficient (Wildman–Crippen LogP) is 2.07. The number of halogens is 1. The van der Waals surface area contributed by atoms with Gasteiger partial charge >= 0.3 is 0 Å². The lowest BCUT2D eigenvalue weighted by Crippen LogP contribution is -2.09. The van der Waals surface area contributed by atoms with Gasteiger partial charge in [0.25, 0.3) is 0 Å². The Morgan fingerprint density at radius 3 is 3.06 bits per heavy atom.